The van der Waals surface area contributed by atoms with Crippen LogP contribution in [0.2, 0.25) is 0 Å². The second-order valence-corrected chi connectivity index (χ2v) is 8.37. The monoisotopic (exact) mass is 300 g/mol. The summed E-state index contributed by atoms with van der Waals surface area (Å²) in [6, 6.07) is 0. The highest BCUT2D eigenvalue weighted by Gasteiger charge is 2.08. The van der Waals surface area contributed by atoms with Crippen molar-refractivity contribution in [3.05, 3.63) is 0 Å². The molecule has 0 aromatic rings. The van der Waals surface area contributed by atoms with E-state index in [-0.39, 0.29) is 0 Å². The normalized spacial score (nSPS) is 11.8. The van der Waals surface area contributed by atoms with Crippen molar-refractivity contribution in [2.45, 2.75) is 98.3 Å². The molecule has 0 saturated heterocycles. The van der Waals surface area contributed by atoms with Gasteiger partial charge in [-0.15, -0.1) is 0 Å². The van der Waals surface area contributed by atoms with Crippen LogP contribution < -0.4 is 0 Å². The molecule has 0 spiro atoms. The van der Waals surface area contributed by atoms with Gasteiger partial charge in [0.15, 0.2) is 5.12 Å². The summed E-state index contributed by atoms with van der Waals surface area (Å²) in [4.78, 5) is 11.3. The first-order valence-corrected chi connectivity index (χ1v) is 9.60. The lowest BCUT2D eigenvalue weighted by atomic mass is 9.89. The molecule has 20 heavy (non-hydrogen) atoms. The van der Waals surface area contributed by atoms with Gasteiger partial charge in [0.2, 0.25) is 0 Å². The van der Waals surface area contributed by atoms with E-state index in [1.54, 1.807) is 0 Å². The molecule has 0 bridgehead atoms. The molecule has 0 amide bonds. The van der Waals surface area contributed by atoms with Gasteiger partial charge in [0.25, 0.3) is 0 Å². The maximum Gasteiger partial charge on any atom is 0.188 e. The topological polar surface area (TPSA) is 17.1 Å². The van der Waals surface area contributed by atoms with Gasteiger partial charge in [-0.2, -0.15) is 0 Å². The number of carbonyl (C=O) groups is 1. The predicted octanol–water partition coefficient (Wildman–Crippen LogP) is 6.60. The average molecular weight is 301 g/mol. The van der Waals surface area contributed by atoms with E-state index in [0.717, 1.165) is 18.6 Å². The quantitative estimate of drug-likeness (QED) is 0.377. The van der Waals surface area contributed by atoms with Crippen LogP contribution in [0, 0.1) is 5.41 Å². The number of hydrogen-bond acceptors (Lipinski definition) is 2. The minimum atomic E-state index is 0.381. The lowest BCUT2D eigenvalue weighted by molar-refractivity contribution is -0.111. The summed E-state index contributed by atoms with van der Waals surface area (Å²) < 4.78 is 0. The van der Waals surface area contributed by atoms with Crippen molar-refractivity contribution in [2.24, 2.45) is 5.41 Å². The molecule has 0 aromatic carbocycles. The van der Waals surface area contributed by atoms with Crippen LogP contribution in [0.5, 0.6) is 0 Å². The lowest BCUT2D eigenvalue weighted by Crippen LogP contribution is -2.03. The third kappa shape index (κ3) is 16.1. The van der Waals surface area contributed by atoms with E-state index in [0.29, 0.717) is 10.5 Å². The van der Waals surface area contributed by atoms with Gasteiger partial charge < -0.3 is 0 Å². The van der Waals surface area contributed by atoms with E-state index in [1.807, 2.05) is 6.92 Å². The summed E-state index contributed by atoms with van der Waals surface area (Å²) >= 11 is 1.47. The van der Waals surface area contributed by atoms with Crippen LogP contribution in [0.25, 0.3) is 0 Å². The summed E-state index contributed by atoms with van der Waals surface area (Å²) in [7, 11) is 0. The Hall–Kier alpha value is 0.0200. The lowest BCUT2D eigenvalue weighted by Gasteiger charge is -2.17. The van der Waals surface area contributed by atoms with Crippen molar-refractivity contribution >= 4 is 16.9 Å². The van der Waals surface area contributed by atoms with Crippen LogP contribution in [0.3, 0.4) is 0 Å². The zero-order chi connectivity index (χ0) is 15.3. The molecule has 0 N–H and O–H groups in total. The highest BCUT2D eigenvalue weighted by Crippen LogP contribution is 2.22. The molecule has 0 fully saturated rings. The molecule has 2 heteroatoms. The molecule has 0 rings (SSSR count). The molecule has 0 aliphatic heterocycles. The Morgan fingerprint density at radius 1 is 0.800 bits per heavy atom. The summed E-state index contributed by atoms with van der Waals surface area (Å²) in [5, 5.41) is 0.381. The highest BCUT2D eigenvalue weighted by molar-refractivity contribution is 8.13. The van der Waals surface area contributed by atoms with Gasteiger partial charge in [0, 0.05) is 6.42 Å². The van der Waals surface area contributed by atoms with Gasteiger partial charge in [-0.3, -0.25) is 4.79 Å². The third-order valence-corrected chi connectivity index (χ3v) is 4.43. The molecule has 0 atom stereocenters. The molecule has 0 aliphatic carbocycles. The van der Waals surface area contributed by atoms with Gasteiger partial charge in [-0.1, -0.05) is 90.8 Å². The third-order valence-electron chi connectivity index (χ3n) is 3.61. The molecular weight excluding hydrogens is 264 g/mol. The Morgan fingerprint density at radius 3 is 1.70 bits per heavy atom. The molecule has 0 aliphatic rings. The van der Waals surface area contributed by atoms with Crippen LogP contribution >= 0.6 is 11.8 Å². The smallest absolute Gasteiger partial charge is 0.188 e. The van der Waals surface area contributed by atoms with Crippen molar-refractivity contribution in [3.8, 4) is 0 Å². The average Bonchev–Trinajstić information content (AvgIpc) is 2.35. The van der Waals surface area contributed by atoms with Crippen molar-refractivity contribution in [2.75, 3.05) is 5.75 Å². The maximum absolute atomic E-state index is 11.3. The van der Waals surface area contributed by atoms with E-state index in [4.69, 9.17) is 0 Å². The second-order valence-electron chi connectivity index (χ2n) is 7.05. The molecular formula is C18H36OS. The van der Waals surface area contributed by atoms with Crippen molar-refractivity contribution < 1.29 is 4.79 Å². The Bertz CT molecular complexity index is 230. The van der Waals surface area contributed by atoms with E-state index in [1.165, 1.54) is 69.5 Å². The number of rotatable bonds is 12. The molecule has 0 unspecified atom stereocenters. The molecule has 0 heterocycles. The number of carbonyl (C=O) groups excluding carboxylic acids is 1. The fraction of sp³-hybridized carbons (Fsp3) is 0.944. The van der Waals surface area contributed by atoms with Crippen molar-refractivity contribution in [3.63, 3.8) is 0 Å². The Balaban J connectivity index is 3.12. The van der Waals surface area contributed by atoms with Crippen LogP contribution in [0.1, 0.15) is 98.3 Å². The Labute approximate surface area is 131 Å². The Kier molecular flexibility index (Phi) is 12.8. The standard InChI is InChI=1S/C18H36OS/c1-5-20-17(19)15-13-11-9-7-6-8-10-12-14-16-18(2,3)4/h5-16H2,1-4H3. The summed E-state index contributed by atoms with van der Waals surface area (Å²) in [5.41, 5.74) is 0.507. The summed E-state index contributed by atoms with van der Waals surface area (Å²) in [6.07, 6.45) is 14.1. The van der Waals surface area contributed by atoms with Crippen LogP contribution in [0.15, 0.2) is 0 Å². The molecule has 120 valence electrons. The Morgan fingerprint density at radius 2 is 1.25 bits per heavy atom. The highest BCUT2D eigenvalue weighted by atomic mass is 32.2. The first-order chi connectivity index (χ1) is 9.45. The zero-order valence-corrected chi connectivity index (χ0v) is 15.1. The van der Waals surface area contributed by atoms with Gasteiger partial charge in [-0.05, 0) is 24.0 Å². The van der Waals surface area contributed by atoms with Crippen LogP contribution in [-0.4, -0.2) is 10.9 Å². The molecule has 0 saturated carbocycles. The second kappa shape index (κ2) is 12.7. The fourth-order valence-electron chi connectivity index (χ4n) is 2.40. The van der Waals surface area contributed by atoms with Gasteiger partial charge in [0.1, 0.15) is 0 Å². The number of unbranched alkanes of at least 4 members (excludes halogenated alkanes) is 8. The number of hydrogen-bond donors (Lipinski definition) is 0. The minimum Gasteiger partial charge on any atom is -0.287 e. The zero-order valence-electron chi connectivity index (χ0n) is 14.3. The minimum absolute atomic E-state index is 0.381. The summed E-state index contributed by atoms with van der Waals surface area (Å²) in [5.74, 6) is 0.925. The predicted molar refractivity (Wildman–Crippen MR) is 93.4 cm³/mol. The maximum atomic E-state index is 11.3. The molecule has 1 nitrogen and oxygen atoms in total. The molecule has 0 radical (unpaired) electrons. The molecule has 0 aromatic heterocycles. The number of thioether (sulfide) groups is 1. The van der Waals surface area contributed by atoms with Crippen LogP contribution in [0.4, 0.5) is 0 Å². The van der Waals surface area contributed by atoms with Gasteiger partial charge >= 0.3 is 0 Å². The van der Waals surface area contributed by atoms with E-state index < -0.39 is 0 Å². The summed E-state index contributed by atoms with van der Waals surface area (Å²) in [6.45, 7) is 9.04. The largest absolute Gasteiger partial charge is 0.287 e. The van der Waals surface area contributed by atoms with Crippen LogP contribution in [-0.2, 0) is 4.79 Å². The SMILES string of the molecule is CCSC(=O)CCCCCCCCCCCC(C)(C)C. The van der Waals surface area contributed by atoms with Crippen molar-refractivity contribution in [1.82, 2.24) is 0 Å². The first-order valence-electron chi connectivity index (χ1n) is 8.61. The van der Waals surface area contributed by atoms with E-state index in [2.05, 4.69) is 20.8 Å². The van der Waals surface area contributed by atoms with E-state index in [9.17, 15) is 4.79 Å². The fourth-order valence-corrected chi connectivity index (χ4v) is 3.01. The van der Waals surface area contributed by atoms with Crippen molar-refractivity contribution in [1.29, 1.82) is 0 Å². The first kappa shape index (κ1) is 20.0. The van der Waals surface area contributed by atoms with Gasteiger partial charge in [-0.25, -0.2) is 0 Å². The van der Waals surface area contributed by atoms with E-state index >= 15 is 0 Å². The van der Waals surface area contributed by atoms with Gasteiger partial charge in [0.05, 0.1) is 0 Å².